The van der Waals surface area contributed by atoms with E-state index in [1.54, 1.807) is 13.0 Å². The highest BCUT2D eigenvalue weighted by Gasteiger charge is 2.17. The molecule has 1 aliphatic heterocycles. The van der Waals surface area contributed by atoms with E-state index in [1.807, 2.05) is 49.4 Å². The van der Waals surface area contributed by atoms with Gasteiger partial charge in [-0.15, -0.1) is 0 Å². The second kappa shape index (κ2) is 9.28. The lowest BCUT2D eigenvalue weighted by atomic mass is 10.2. The van der Waals surface area contributed by atoms with Crippen LogP contribution in [0.2, 0.25) is 0 Å². The minimum Gasteiger partial charge on any atom is -0.490 e. The quantitative estimate of drug-likeness (QED) is 0.810. The summed E-state index contributed by atoms with van der Waals surface area (Å²) in [5, 5.41) is 2.90. The molecule has 1 saturated heterocycles. The summed E-state index contributed by atoms with van der Waals surface area (Å²) in [6.07, 6.45) is -0.648. The smallest absolute Gasteiger partial charge is 0.265 e. The lowest BCUT2D eigenvalue weighted by molar-refractivity contribution is -0.122. The lowest BCUT2D eigenvalue weighted by Crippen LogP contribution is -2.36. The first-order valence-corrected chi connectivity index (χ1v) is 9.29. The summed E-state index contributed by atoms with van der Waals surface area (Å²) in [5.41, 5.74) is 1.87. The van der Waals surface area contributed by atoms with Crippen LogP contribution in [0.3, 0.4) is 0 Å². The van der Waals surface area contributed by atoms with Gasteiger partial charge in [-0.1, -0.05) is 12.1 Å². The number of rotatable bonds is 7. The molecule has 1 aliphatic rings. The Bertz CT molecular complexity index is 742. The number of nitrogens with zero attached hydrogens (tertiary/aromatic N) is 1. The monoisotopic (exact) mass is 370 g/mol. The van der Waals surface area contributed by atoms with Gasteiger partial charge in [0, 0.05) is 24.5 Å². The molecule has 0 unspecified atom stereocenters. The molecule has 0 bridgehead atoms. The van der Waals surface area contributed by atoms with Gasteiger partial charge in [0.05, 0.1) is 19.8 Å². The molecule has 0 saturated carbocycles. The van der Waals surface area contributed by atoms with Crippen molar-refractivity contribution in [3.63, 3.8) is 0 Å². The molecule has 0 aliphatic carbocycles. The fourth-order valence-corrected chi connectivity index (χ4v) is 2.89. The molecular formula is C21H26N2O4. The van der Waals surface area contributed by atoms with Crippen molar-refractivity contribution in [1.29, 1.82) is 0 Å². The molecule has 1 atom stereocenters. The number of carbonyl (C=O) groups is 1. The van der Waals surface area contributed by atoms with Crippen molar-refractivity contribution in [2.24, 2.45) is 0 Å². The Hall–Kier alpha value is -2.73. The molecule has 0 radical (unpaired) electrons. The number of morpholine rings is 1. The maximum absolute atomic E-state index is 12.5. The van der Waals surface area contributed by atoms with E-state index in [-0.39, 0.29) is 5.91 Å². The van der Waals surface area contributed by atoms with Crippen LogP contribution in [0.25, 0.3) is 0 Å². The van der Waals surface area contributed by atoms with Crippen LogP contribution >= 0.6 is 0 Å². The summed E-state index contributed by atoms with van der Waals surface area (Å²) >= 11 is 0. The van der Waals surface area contributed by atoms with E-state index < -0.39 is 6.10 Å². The van der Waals surface area contributed by atoms with Gasteiger partial charge in [-0.25, -0.2) is 0 Å². The highest BCUT2D eigenvalue weighted by molar-refractivity contribution is 5.94. The molecule has 6 nitrogen and oxygen atoms in total. The fraction of sp³-hybridized carbons (Fsp3) is 0.381. The van der Waals surface area contributed by atoms with E-state index in [4.69, 9.17) is 14.2 Å². The standard InChI is InChI=1S/C21H26N2O4/c1-3-26-19-6-4-5-7-20(19)27-16(2)21(24)22-17-8-10-18(11-9-17)23-12-14-25-15-13-23/h4-11,16H,3,12-15H2,1-2H3,(H,22,24)/t16-/m1/s1. The minimum atomic E-state index is -0.648. The van der Waals surface area contributed by atoms with E-state index in [1.165, 1.54) is 0 Å². The first kappa shape index (κ1) is 19.0. The maximum atomic E-state index is 12.5. The van der Waals surface area contributed by atoms with E-state index in [2.05, 4.69) is 10.2 Å². The minimum absolute atomic E-state index is 0.208. The summed E-state index contributed by atoms with van der Waals surface area (Å²) in [6.45, 7) is 7.43. The molecule has 6 heteroatoms. The van der Waals surface area contributed by atoms with Crippen LogP contribution in [-0.4, -0.2) is 44.9 Å². The largest absolute Gasteiger partial charge is 0.490 e. The number of nitrogens with one attached hydrogen (secondary N) is 1. The van der Waals surface area contributed by atoms with Crippen molar-refractivity contribution in [1.82, 2.24) is 0 Å². The van der Waals surface area contributed by atoms with Gasteiger partial charge >= 0.3 is 0 Å². The summed E-state index contributed by atoms with van der Waals surface area (Å²) < 4.78 is 16.7. The lowest BCUT2D eigenvalue weighted by Gasteiger charge is -2.29. The topological polar surface area (TPSA) is 60.0 Å². The van der Waals surface area contributed by atoms with Crippen molar-refractivity contribution in [3.05, 3.63) is 48.5 Å². The first-order valence-electron chi connectivity index (χ1n) is 9.29. The summed E-state index contributed by atoms with van der Waals surface area (Å²) in [4.78, 5) is 14.7. The Morgan fingerprint density at radius 1 is 1.11 bits per heavy atom. The predicted octanol–water partition coefficient (Wildman–Crippen LogP) is 3.33. The van der Waals surface area contributed by atoms with E-state index in [0.717, 1.165) is 37.7 Å². The van der Waals surface area contributed by atoms with Crippen LogP contribution < -0.4 is 19.7 Å². The van der Waals surface area contributed by atoms with Gasteiger partial charge in [0.25, 0.3) is 5.91 Å². The van der Waals surface area contributed by atoms with Crippen LogP contribution in [0.1, 0.15) is 13.8 Å². The van der Waals surface area contributed by atoms with Gasteiger partial charge in [0.1, 0.15) is 0 Å². The third-order valence-corrected chi connectivity index (χ3v) is 4.33. The molecule has 1 amide bonds. The van der Waals surface area contributed by atoms with Gasteiger partial charge in [0.15, 0.2) is 17.6 Å². The predicted molar refractivity (Wildman–Crippen MR) is 106 cm³/mol. The van der Waals surface area contributed by atoms with Gasteiger partial charge < -0.3 is 24.4 Å². The zero-order valence-corrected chi connectivity index (χ0v) is 15.8. The van der Waals surface area contributed by atoms with Gasteiger partial charge in [0.2, 0.25) is 0 Å². The van der Waals surface area contributed by atoms with E-state index >= 15 is 0 Å². The van der Waals surface area contributed by atoms with Gasteiger partial charge in [-0.2, -0.15) is 0 Å². The molecule has 1 fully saturated rings. The number of carbonyl (C=O) groups excluding carboxylic acids is 1. The molecule has 0 spiro atoms. The summed E-state index contributed by atoms with van der Waals surface area (Å²) in [6, 6.07) is 15.2. The number of hydrogen-bond acceptors (Lipinski definition) is 5. The number of ether oxygens (including phenoxy) is 3. The van der Waals surface area contributed by atoms with Crippen LogP contribution in [0.4, 0.5) is 11.4 Å². The van der Waals surface area contributed by atoms with Gasteiger partial charge in [-0.05, 0) is 50.2 Å². The number of para-hydroxylation sites is 2. The highest BCUT2D eigenvalue weighted by Crippen LogP contribution is 2.27. The first-order chi connectivity index (χ1) is 13.2. The second-order valence-electron chi connectivity index (χ2n) is 6.28. The fourth-order valence-electron chi connectivity index (χ4n) is 2.89. The van der Waals surface area contributed by atoms with Crippen molar-refractivity contribution in [2.45, 2.75) is 20.0 Å². The number of anilines is 2. The van der Waals surface area contributed by atoms with E-state index in [0.29, 0.717) is 18.1 Å². The van der Waals surface area contributed by atoms with Crippen LogP contribution in [0.5, 0.6) is 11.5 Å². The molecule has 144 valence electrons. The Kier molecular flexibility index (Phi) is 6.54. The molecule has 3 rings (SSSR count). The zero-order valence-electron chi connectivity index (χ0n) is 15.8. The van der Waals surface area contributed by atoms with E-state index in [9.17, 15) is 4.79 Å². The average Bonchev–Trinajstić information content (AvgIpc) is 2.71. The Balaban J connectivity index is 1.58. The van der Waals surface area contributed by atoms with Gasteiger partial charge in [-0.3, -0.25) is 4.79 Å². The molecule has 0 aromatic heterocycles. The summed E-state index contributed by atoms with van der Waals surface area (Å²) in [5.74, 6) is 0.986. The Labute approximate surface area is 160 Å². The average molecular weight is 370 g/mol. The van der Waals surface area contributed by atoms with Crippen LogP contribution in [0, 0.1) is 0 Å². The molecular weight excluding hydrogens is 344 g/mol. The summed E-state index contributed by atoms with van der Waals surface area (Å²) in [7, 11) is 0. The van der Waals surface area contributed by atoms with Crippen LogP contribution in [0.15, 0.2) is 48.5 Å². The maximum Gasteiger partial charge on any atom is 0.265 e. The van der Waals surface area contributed by atoms with Crippen molar-refractivity contribution >= 4 is 17.3 Å². The van der Waals surface area contributed by atoms with Crippen LogP contribution in [-0.2, 0) is 9.53 Å². The van der Waals surface area contributed by atoms with Crippen molar-refractivity contribution in [2.75, 3.05) is 43.1 Å². The zero-order chi connectivity index (χ0) is 19.1. The number of amides is 1. The van der Waals surface area contributed by atoms with Crippen molar-refractivity contribution in [3.8, 4) is 11.5 Å². The molecule has 1 heterocycles. The normalized spacial score (nSPS) is 15.1. The molecule has 27 heavy (non-hydrogen) atoms. The Morgan fingerprint density at radius 3 is 2.44 bits per heavy atom. The number of hydrogen-bond donors (Lipinski definition) is 1. The second-order valence-corrected chi connectivity index (χ2v) is 6.28. The molecule has 2 aromatic carbocycles. The third kappa shape index (κ3) is 5.14. The van der Waals surface area contributed by atoms with Crippen molar-refractivity contribution < 1.29 is 19.0 Å². The highest BCUT2D eigenvalue weighted by atomic mass is 16.5. The number of benzene rings is 2. The SMILES string of the molecule is CCOc1ccccc1O[C@H](C)C(=O)Nc1ccc(N2CCOCC2)cc1. The molecule has 1 N–H and O–H groups in total. The third-order valence-electron chi connectivity index (χ3n) is 4.33. The Morgan fingerprint density at radius 2 is 1.78 bits per heavy atom. The molecule has 2 aromatic rings.